The van der Waals surface area contributed by atoms with Gasteiger partial charge in [0.15, 0.2) is 8.38 Å². The van der Waals surface area contributed by atoms with Gasteiger partial charge in [-0.25, -0.2) is 0 Å². The van der Waals surface area contributed by atoms with Crippen LogP contribution in [-0.2, 0) is 0 Å². The maximum absolute atomic E-state index is 8.26. The lowest BCUT2D eigenvalue weighted by molar-refractivity contribution is 0.294. The van der Waals surface area contributed by atoms with E-state index in [-0.39, 0.29) is 12.9 Å². The smallest absolute Gasteiger partial charge is 0.179 e. The number of hydrogen-bond acceptors (Lipinski definition) is 4. The minimum Gasteiger partial charge on any atom is -0.395 e. The van der Waals surface area contributed by atoms with Crippen molar-refractivity contribution < 1.29 is 14.9 Å². The molecule has 0 aliphatic carbocycles. The molecule has 0 aromatic carbocycles. The van der Waals surface area contributed by atoms with Crippen LogP contribution in [0.1, 0.15) is 0 Å². The van der Waals surface area contributed by atoms with Gasteiger partial charge in [-0.05, 0) is 0 Å². The largest absolute Gasteiger partial charge is 0.395 e. The summed E-state index contributed by atoms with van der Waals surface area (Å²) in [5.74, 6) is 0. The average Bonchev–Trinajstić information content (AvgIpc) is 1.66. The van der Waals surface area contributed by atoms with E-state index in [1.54, 1.807) is 0 Å². The van der Waals surface area contributed by atoms with Crippen molar-refractivity contribution in [1.82, 2.24) is 5.32 Å². The summed E-state index contributed by atoms with van der Waals surface area (Å²) in [6.07, 6.45) is 0.176. The lowest BCUT2D eigenvalue weighted by Gasteiger charge is -2.01. The quantitative estimate of drug-likeness (QED) is 0.292. The predicted molar refractivity (Wildman–Crippen MR) is 31.3 cm³/mol. The number of rotatable bonds is 4. The molecular formula is C3H10NO3P. The Balaban J connectivity index is 2.72. The fourth-order valence-electron chi connectivity index (χ4n) is 0.258. The normalized spacial score (nSPS) is 10.5. The van der Waals surface area contributed by atoms with Crippen molar-refractivity contribution in [2.45, 2.75) is 0 Å². The molecule has 0 atom stereocenters. The maximum atomic E-state index is 8.26. The predicted octanol–water partition coefficient (Wildman–Crippen LogP) is -1.18. The van der Waals surface area contributed by atoms with E-state index in [1.807, 2.05) is 0 Å². The van der Waals surface area contributed by atoms with Crippen molar-refractivity contribution in [3.8, 4) is 0 Å². The fraction of sp³-hybridized carbons (Fsp3) is 1.00. The Kier molecular flexibility index (Phi) is 5.59. The van der Waals surface area contributed by atoms with Crippen molar-refractivity contribution in [3.63, 3.8) is 0 Å². The molecule has 0 aromatic rings. The van der Waals surface area contributed by atoms with Gasteiger partial charge >= 0.3 is 0 Å². The fourth-order valence-corrected chi connectivity index (χ4v) is 0.616. The molecule has 0 fully saturated rings. The highest BCUT2D eigenvalue weighted by atomic mass is 31.2. The first-order chi connectivity index (χ1) is 3.77. The van der Waals surface area contributed by atoms with Crippen molar-refractivity contribution in [2.24, 2.45) is 0 Å². The molecule has 0 aliphatic heterocycles. The first-order valence-corrected chi connectivity index (χ1v) is 3.67. The highest BCUT2D eigenvalue weighted by molar-refractivity contribution is 7.44. The lowest BCUT2D eigenvalue weighted by Crippen LogP contribution is -2.17. The second-order valence-corrected chi connectivity index (χ2v) is 2.31. The van der Waals surface area contributed by atoms with E-state index in [1.165, 1.54) is 0 Å². The lowest BCUT2D eigenvalue weighted by atomic mass is 10.7. The summed E-state index contributed by atoms with van der Waals surface area (Å²) in [4.78, 5) is 16.5. The molecule has 4 N–H and O–H groups in total. The molecule has 8 heavy (non-hydrogen) atoms. The van der Waals surface area contributed by atoms with Crippen molar-refractivity contribution >= 4 is 8.38 Å². The summed E-state index contributed by atoms with van der Waals surface area (Å²) in [5.41, 5.74) is 0. The molecular weight excluding hydrogens is 129 g/mol. The molecule has 0 saturated heterocycles. The van der Waals surface area contributed by atoms with E-state index < -0.39 is 8.38 Å². The zero-order valence-electron chi connectivity index (χ0n) is 4.41. The van der Waals surface area contributed by atoms with E-state index in [0.29, 0.717) is 6.54 Å². The minimum atomic E-state index is -1.83. The molecule has 0 amide bonds. The van der Waals surface area contributed by atoms with Gasteiger partial charge in [0, 0.05) is 6.54 Å². The molecule has 0 bridgehead atoms. The summed E-state index contributed by atoms with van der Waals surface area (Å²) in [6, 6.07) is 0. The molecule has 4 nitrogen and oxygen atoms in total. The Labute approximate surface area is 49.1 Å². The summed E-state index contributed by atoms with van der Waals surface area (Å²) in [5, 5.41) is 10.8. The van der Waals surface area contributed by atoms with E-state index in [4.69, 9.17) is 14.9 Å². The van der Waals surface area contributed by atoms with Crippen LogP contribution in [0.4, 0.5) is 0 Å². The van der Waals surface area contributed by atoms with E-state index in [2.05, 4.69) is 5.32 Å². The third kappa shape index (κ3) is 6.27. The van der Waals surface area contributed by atoms with E-state index in [9.17, 15) is 0 Å². The summed E-state index contributed by atoms with van der Waals surface area (Å²) >= 11 is 0. The van der Waals surface area contributed by atoms with E-state index in [0.717, 1.165) is 0 Å². The zero-order valence-corrected chi connectivity index (χ0v) is 5.30. The minimum absolute atomic E-state index is 0.0309. The standard InChI is InChI=1S/C3H10NO3P/c5-2-1-4-3-8(6)7/h4-7H,1-3H2. The van der Waals surface area contributed by atoms with Gasteiger partial charge < -0.3 is 20.2 Å². The topological polar surface area (TPSA) is 72.7 Å². The summed E-state index contributed by atoms with van der Waals surface area (Å²) < 4.78 is 0. The second kappa shape index (κ2) is 5.41. The SMILES string of the molecule is OCCNCP(O)O. The molecule has 0 radical (unpaired) electrons. The van der Waals surface area contributed by atoms with Crippen LogP contribution in [0.5, 0.6) is 0 Å². The van der Waals surface area contributed by atoms with Gasteiger partial charge in [-0.2, -0.15) is 0 Å². The highest BCUT2D eigenvalue weighted by Crippen LogP contribution is 2.18. The molecule has 0 spiro atoms. The first-order valence-electron chi connectivity index (χ1n) is 2.24. The van der Waals surface area contributed by atoms with Gasteiger partial charge in [-0.1, -0.05) is 0 Å². The molecule has 0 aliphatic rings. The Hall–Kier alpha value is 0.270. The molecule has 0 rings (SSSR count). The Morgan fingerprint density at radius 3 is 2.38 bits per heavy atom. The monoisotopic (exact) mass is 139 g/mol. The van der Waals surface area contributed by atoms with Gasteiger partial charge in [0.05, 0.1) is 12.9 Å². The van der Waals surface area contributed by atoms with Gasteiger partial charge in [-0.3, -0.25) is 0 Å². The highest BCUT2D eigenvalue weighted by Gasteiger charge is 1.93. The molecule has 0 unspecified atom stereocenters. The Morgan fingerprint density at radius 2 is 2.00 bits per heavy atom. The second-order valence-electron chi connectivity index (χ2n) is 1.25. The summed E-state index contributed by atoms with van der Waals surface area (Å²) in [6.45, 7) is 0.448. The zero-order chi connectivity index (χ0) is 6.41. The van der Waals surface area contributed by atoms with Crippen LogP contribution < -0.4 is 5.32 Å². The van der Waals surface area contributed by atoms with E-state index >= 15 is 0 Å². The van der Waals surface area contributed by atoms with Crippen LogP contribution in [0, 0.1) is 0 Å². The number of aliphatic hydroxyl groups excluding tert-OH is 1. The third-order valence-electron chi connectivity index (χ3n) is 0.542. The van der Waals surface area contributed by atoms with Crippen LogP contribution in [0.15, 0.2) is 0 Å². The summed E-state index contributed by atoms with van der Waals surface area (Å²) in [7, 11) is -1.83. The van der Waals surface area contributed by atoms with Gasteiger partial charge in [0.2, 0.25) is 0 Å². The average molecular weight is 139 g/mol. The van der Waals surface area contributed by atoms with Crippen LogP contribution in [-0.4, -0.2) is 34.3 Å². The van der Waals surface area contributed by atoms with Crippen LogP contribution >= 0.6 is 8.38 Å². The molecule has 50 valence electrons. The molecule has 0 aromatic heterocycles. The van der Waals surface area contributed by atoms with Crippen LogP contribution in [0.2, 0.25) is 0 Å². The number of hydrogen-bond donors (Lipinski definition) is 4. The Bertz CT molecular complexity index is 51.8. The number of aliphatic hydroxyl groups is 1. The van der Waals surface area contributed by atoms with Crippen molar-refractivity contribution in [2.75, 3.05) is 19.4 Å². The first kappa shape index (κ1) is 8.27. The van der Waals surface area contributed by atoms with Crippen LogP contribution in [0.3, 0.4) is 0 Å². The van der Waals surface area contributed by atoms with Crippen LogP contribution in [0.25, 0.3) is 0 Å². The van der Waals surface area contributed by atoms with Gasteiger partial charge in [0.25, 0.3) is 0 Å². The van der Waals surface area contributed by atoms with Crippen molar-refractivity contribution in [3.05, 3.63) is 0 Å². The maximum Gasteiger partial charge on any atom is 0.179 e. The molecule has 0 heterocycles. The van der Waals surface area contributed by atoms with Crippen molar-refractivity contribution in [1.29, 1.82) is 0 Å². The van der Waals surface area contributed by atoms with Gasteiger partial charge in [0.1, 0.15) is 0 Å². The Morgan fingerprint density at radius 1 is 1.38 bits per heavy atom. The van der Waals surface area contributed by atoms with Gasteiger partial charge in [-0.15, -0.1) is 0 Å². The molecule has 0 saturated carbocycles. The number of nitrogens with one attached hydrogen (secondary N) is 1. The third-order valence-corrected chi connectivity index (χ3v) is 1.05. The molecule has 5 heteroatoms.